The van der Waals surface area contributed by atoms with Gasteiger partial charge in [0, 0.05) is 6.04 Å². The molecule has 1 aliphatic carbocycles. The van der Waals surface area contributed by atoms with Crippen LogP contribution in [0, 0.1) is 0 Å². The summed E-state index contributed by atoms with van der Waals surface area (Å²) in [6, 6.07) is 8.52. The van der Waals surface area contributed by atoms with Crippen molar-refractivity contribution >= 4 is 0 Å². The molecule has 0 saturated heterocycles. The van der Waals surface area contributed by atoms with E-state index in [0.29, 0.717) is 0 Å². The van der Waals surface area contributed by atoms with E-state index in [1.54, 1.807) is 7.11 Å². The molecule has 0 radical (unpaired) electrons. The van der Waals surface area contributed by atoms with Crippen LogP contribution in [0.1, 0.15) is 26.2 Å². The Balaban J connectivity index is 1.70. The lowest BCUT2D eigenvalue weighted by atomic mass is 10.2. The minimum absolute atomic E-state index is 0.245. The maximum absolute atomic E-state index is 5.82. The van der Waals surface area contributed by atoms with Gasteiger partial charge in [-0.1, -0.05) is 0 Å². The summed E-state index contributed by atoms with van der Waals surface area (Å²) in [5.74, 6) is 1.77. The summed E-state index contributed by atoms with van der Waals surface area (Å²) in [6.45, 7) is 3.15. The molecule has 3 heteroatoms. The molecule has 0 heterocycles. The van der Waals surface area contributed by atoms with Gasteiger partial charge in [0.2, 0.25) is 0 Å². The third-order valence-corrected chi connectivity index (χ3v) is 2.96. The van der Waals surface area contributed by atoms with Crippen molar-refractivity contribution in [2.24, 2.45) is 0 Å². The van der Waals surface area contributed by atoms with Gasteiger partial charge >= 0.3 is 0 Å². The van der Waals surface area contributed by atoms with Crippen molar-refractivity contribution in [3.05, 3.63) is 24.3 Å². The molecule has 0 spiro atoms. The molecule has 94 valence electrons. The second-order valence-corrected chi connectivity index (χ2v) is 4.62. The Morgan fingerprint density at radius 2 is 1.88 bits per heavy atom. The minimum Gasteiger partial charge on any atom is -0.497 e. The molecule has 2 rings (SSSR count). The highest BCUT2D eigenvalue weighted by Crippen LogP contribution is 2.20. The summed E-state index contributed by atoms with van der Waals surface area (Å²) in [6.07, 6.45) is 3.97. The molecule has 0 amide bonds. The predicted molar refractivity (Wildman–Crippen MR) is 68.7 cm³/mol. The van der Waals surface area contributed by atoms with E-state index < -0.39 is 0 Å². The van der Waals surface area contributed by atoms with Crippen molar-refractivity contribution < 1.29 is 9.47 Å². The fraction of sp³-hybridized carbons (Fsp3) is 0.571. The zero-order chi connectivity index (χ0) is 12.1. The Bertz CT molecular complexity index is 333. The van der Waals surface area contributed by atoms with E-state index >= 15 is 0 Å². The van der Waals surface area contributed by atoms with Crippen LogP contribution in [0.4, 0.5) is 0 Å². The van der Waals surface area contributed by atoms with Crippen LogP contribution in [-0.2, 0) is 0 Å². The summed E-state index contributed by atoms with van der Waals surface area (Å²) < 4.78 is 10.9. The smallest absolute Gasteiger partial charge is 0.119 e. The lowest BCUT2D eigenvalue weighted by Crippen LogP contribution is -2.23. The average Bonchev–Trinajstić information content (AvgIpc) is 3.14. The molecule has 0 bridgehead atoms. The van der Waals surface area contributed by atoms with Gasteiger partial charge in [-0.25, -0.2) is 0 Å². The molecular weight excluding hydrogens is 214 g/mol. The zero-order valence-electron chi connectivity index (χ0n) is 10.6. The summed E-state index contributed by atoms with van der Waals surface area (Å²) in [7, 11) is 1.67. The summed E-state index contributed by atoms with van der Waals surface area (Å²) in [4.78, 5) is 0. The summed E-state index contributed by atoms with van der Waals surface area (Å²) in [5, 5.41) is 3.49. The molecule has 1 saturated carbocycles. The SMILES string of the molecule is COc1ccc(OC(C)CCNC2CC2)cc1. The van der Waals surface area contributed by atoms with E-state index in [-0.39, 0.29) is 6.10 Å². The molecule has 1 fully saturated rings. The predicted octanol–water partition coefficient (Wildman–Crippen LogP) is 2.60. The lowest BCUT2D eigenvalue weighted by Gasteiger charge is -2.15. The van der Waals surface area contributed by atoms with Gasteiger partial charge in [0.25, 0.3) is 0 Å². The van der Waals surface area contributed by atoms with Crippen molar-refractivity contribution in [3.8, 4) is 11.5 Å². The van der Waals surface area contributed by atoms with Crippen molar-refractivity contribution in [2.75, 3.05) is 13.7 Å². The van der Waals surface area contributed by atoms with Crippen LogP contribution in [0.5, 0.6) is 11.5 Å². The summed E-state index contributed by atoms with van der Waals surface area (Å²) in [5.41, 5.74) is 0. The van der Waals surface area contributed by atoms with E-state index in [4.69, 9.17) is 9.47 Å². The first-order valence-electron chi connectivity index (χ1n) is 6.32. The van der Waals surface area contributed by atoms with Crippen LogP contribution in [0.15, 0.2) is 24.3 Å². The highest BCUT2D eigenvalue weighted by atomic mass is 16.5. The second-order valence-electron chi connectivity index (χ2n) is 4.62. The van der Waals surface area contributed by atoms with Crippen molar-refractivity contribution in [3.63, 3.8) is 0 Å². The van der Waals surface area contributed by atoms with Crippen LogP contribution in [0.3, 0.4) is 0 Å². The fourth-order valence-electron chi connectivity index (χ4n) is 1.72. The van der Waals surface area contributed by atoms with Gasteiger partial charge < -0.3 is 14.8 Å². The molecule has 1 atom stereocenters. The number of rotatable bonds is 7. The van der Waals surface area contributed by atoms with Crippen molar-refractivity contribution in [1.29, 1.82) is 0 Å². The molecule has 1 aromatic carbocycles. The number of hydrogen-bond donors (Lipinski definition) is 1. The number of benzene rings is 1. The van der Waals surface area contributed by atoms with E-state index in [1.807, 2.05) is 24.3 Å². The molecule has 3 nitrogen and oxygen atoms in total. The van der Waals surface area contributed by atoms with Crippen LogP contribution >= 0.6 is 0 Å². The third kappa shape index (κ3) is 4.27. The molecule has 0 aliphatic heterocycles. The summed E-state index contributed by atoms with van der Waals surface area (Å²) >= 11 is 0. The van der Waals surface area contributed by atoms with Crippen LogP contribution in [0.25, 0.3) is 0 Å². The Morgan fingerprint density at radius 1 is 1.24 bits per heavy atom. The van der Waals surface area contributed by atoms with Gasteiger partial charge in [0.05, 0.1) is 13.2 Å². The highest BCUT2D eigenvalue weighted by molar-refractivity contribution is 5.31. The average molecular weight is 235 g/mol. The molecule has 17 heavy (non-hydrogen) atoms. The quantitative estimate of drug-likeness (QED) is 0.788. The van der Waals surface area contributed by atoms with Crippen molar-refractivity contribution in [2.45, 2.75) is 38.3 Å². The van der Waals surface area contributed by atoms with E-state index in [0.717, 1.165) is 30.5 Å². The molecule has 1 N–H and O–H groups in total. The first kappa shape index (κ1) is 12.2. The van der Waals surface area contributed by atoms with E-state index in [2.05, 4.69) is 12.2 Å². The Kier molecular flexibility index (Phi) is 4.26. The third-order valence-electron chi connectivity index (χ3n) is 2.96. The maximum Gasteiger partial charge on any atom is 0.119 e. The molecule has 1 aromatic rings. The number of nitrogens with one attached hydrogen (secondary N) is 1. The van der Waals surface area contributed by atoms with Gasteiger partial charge in [0.15, 0.2) is 0 Å². The monoisotopic (exact) mass is 235 g/mol. The van der Waals surface area contributed by atoms with E-state index in [9.17, 15) is 0 Å². The van der Waals surface area contributed by atoms with Crippen LogP contribution in [0.2, 0.25) is 0 Å². The maximum atomic E-state index is 5.82. The zero-order valence-corrected chi connectivity index (χ0v) is 10.6. The molecular formula is C14H21NO2. The Morgan fingerprint density at radius 3 is 2.47 bits per heavy atom. The highest BCUT2D eigenvalue weighted by Gasteiger charge is 2.20. The largest absolute Gasteiger partial charge is 0.497 e. The van der Waals surface area contributed by atoms with Gasteiger partial charge in [-0.15, -0.1) is 0 Å². The second kappa shape index (κ2) is 5.92. The van der Waals surface area contributed by atoms with Gasteiger partial charge in [-0.2, -0.15) is 0 Å². The number of ether oxygens (including phenoxy) is 2. The fourth-order valence-corrected chi connectivity index (χ4v) is 1.72. The first-order chi connectivity index (χ1) is 8.28. The van der Waals surface area contributed by atoms with Gasteiger partial charge in [-0.05, 0) is 57.0 Å². The van der Waals surface area contributed by atoms with Crippen molar-refractivity contribution in [1.82, 2.24) is 5.32 Å². The van der Waals surface area contributed by atoms with Gasteiger partial charge in [-0.3, -0.25) is 0 Å². The number of hydrogen-bond acceptors (Lipinski definition) is 3. The lowest BCUT2D eigenvalue weighted by molar-refractivity contribution is 0.209. The van der Waals surface area contributed by atoms with Crippen LogP contribution < -0.4 is 14.8 Å². The first-order valence-corrected chi connectivity index (χ1v) is 6.32. The molecule has 1 unspecified atom stereocenters. The molecule has 1 aliphatic rings. The topological polar surface area (TPSA) is 30.5 Å². The van der Waals surface area contributed by atoms with Gasteiger partial charge in [0.1, 0.15) is 11.5 Å². The normalized spacial score (nSPS) is 16.6. The minimum atomic E-state index is 0.245. The Hall–Kier alpha value is -1.22. The Labute approximate surface area is 103 Å². The molecule has 0 aromatic heterocycles. The number of methoxy groups -OCH3 is 1. The van der Waals surface area contributed by atoms with Crippen LogP contribution in [-0.4, -0.2) is 25.8 Å². The standard InChI is InChI=1S/C14H21NO2/c1-11(9-10-15-12-3-4-12)17-14-7-5-13(16-2)6-8-14/h5-8,11-12,15H,3-4,9-10H2,1-2H3. The van der Waals surface area contributed by atoms with E-state index in [1.165, 1.54) is 12.8 Å².